The molecule has 84 valence electrons. The highest BCUT2D eigenvalue weighted by molar-refractivity contribution is 6.11. The highest BCUT2D eigenvalue weighted by Gasteiger charge is 2.19. The Labute approximate surface area is 94.6 Å². The summed E-state index contributed by atoms with van der Waals surface area (Å²) >= 11 is 0. The largest absolute Gasteiger partial charge is 0.358 e. The summed E-state index contributed by atoms with van der Waals surface area (Å²) in [5, 5.41) is 0.972. The number of nitrogens with one attached hydrogen (secondary N) is 1. The fourth-order valence-electron chi connectivity index (χ4n) is 2.04. The molecule has 0 aliphatic heterocycles. The summed E-state index contributed by atoms with van der Waals surface area (Å²) in [5.74, 6) is -0.00523. The average Bonchev–Trinajstić information content (AvgIpc) is 2.55. The summed E-state index contributed by atoms with van der Waals surface area (Å²) in [6, 6.07) is 5.49. The third kappa shape index (κ3) is 1.53. The van der Waals surface area contributed by atoms with Gasteiger partial charge in [-0.05, 0) is 26.3 Å². The molecule has 1 aromatic carbocycles. The Bertz CT molecular complexity index is 552. The fraction of sp³-hybridized carbons (Fsp3) is 0.308. The van der Waals surface area contributed by atoms with E-state index in [4.69, 9.17) is 5.73 Å². The van der Waals surface area contributed by atoms with Crippen LogP contribution >= 0.6 is 0 Å². The summed E-state index contributed by atoms with van der Waals surface area (Å²) < 4.78 is 0. The maximum absolute atomic E-state index is 12.0. The van der Waals surface area contributed by atoms with Crippen LogP contribution in [0.3, 0.4) is 0 Å². The van der Waals surface area contributed by atoms with E-state index in [1.165, 1.54) is 0 Å². The van der Waals surface area contributed by atoms with Crippen molar-refractivity contribution in [1.82, 2.24) is 4.98 Å². The molecule has 3 N–H and O–H groups in total. The Balaban J connectivity index is 2.75. The standard InChI is InChI=1S/C13H16N2O/c1-7-5-4-6-10-11(13(16)8(2)14)9(3)15-12(7)10/h4-6,8,15H,14H2,1-3H3. The number of carbonyl (C=O) groups excluding carboxylic acids is 1. The van der Waals surface area contributed by atoms with Crippen LogP contribution in [0, 0.1) is 13.8 Å². The predicted molar refractivity (Wildman–Crippen MR) is 65.8 cm³/mol. The van der Waals surface area contributed by atoms with Gasteiger partial charge in [0.1, 0.15) is 0 Å². The zero-order valence-corrected chi connectivity index (χ0v) is 9.79. The van der Waals surface area contributed by atoms with E-state index in [9.17, 15) is 4.79 Å². The smallest absolute Gasteiger partial charge is 0.181 e. The number of benzene rings is 1. The number of Topliss-reactive ketones (excluding diaryl/α,β-unsaturated/α-hetero) is 1. The van der Waals surface area contributed by atoms with Crippen LogP contribution in [-0.4, -0.2) is 16.8 Å². The number of aryl methyl sites for hydroxylation is 2. The van der Waals surface area contributed by atoms with E-state index in [0.717, 1.165) is 27.7 Å². The molecule has 1 atom stereocenters. The van der Waals surface area contributed by atoms with Gasteiger partial charge >= 0.3 is 0 Å². The molecular weight excluding hydrogens is 200 g/mol. The van der Waals surface area contributed by atoms with Gasteiger partial charge < -0.3 is 10.7 Å². The van der Waals surface area contributed by atoms with Crippen molar-refractivity contribution in [3.05, 3.63) is 35.0 Å². The summed E-state index contributed by atoms with van der Waals surface area (Å²) in [6.07, 6.45) is 0. The van der Waals surface area contributed by atoms with Crippen molar-refractivity contribution in [3.8, 4) is 0 Å². The lowest BCUT2D eigenvalue weighted by atomic mass is 10.0. The lowest BCUT2D eigenvalue weighted by molar-refractivity contribution is 0.0969. The SMILES string of the molecule is Cc1[nH]c2c(C)cccc2c1C(=O)C(C)N. The molecule has 0 bridgehead atoms. The third-order valence-electron chi connectivity index (χ3n) is 2.89. The van der Waals surface area contributed by atoms with Gasteiger partial charge in [-0.2, -0.15) is 0 Å². The van der Waals surface area contributed by atoms with Gasteiger partial charge in [0.05, 0.1) is 6.04 Å². The van der Waals surface area contributed by atoms with Crippen LogP contribution in [0.4, 0.5) is 0 Å². The van der Waals surface area contributed by atoms with Gasteiger partial charge in [-0.15, -0.1) is 0 Å². The van der Waals surface area contributed by atoms with Gasteiger partial charge in [-0.1, -0.05) is 18.2 Å². The first-order chi connectivity index (χ1) is 7.52. The Morgan fingerprint density at radius 1 is 1.38 bits per heavy atom. The summed E-state index contributed by atoms with van der Waals surface area (Å²) in [5.41, 5.74) is 9.46. The topological polar surface area (TPSA) is 58.9 Å². The second-order valence-electron chi connectivity index (χ2n) is 4.28. The second kappa shape index (κ2) is 3.76. The van der Waals surface area contributed by atoms with E-state index in [0.29, 0.717) is 0 Å². The van der Waals surface area contributed by atoms with Crippen molar-refractivity contribution >= 4 is 16.7 Å². The molecule has 1 heterocycles. The molecule has 3 nitrogen and oxygen atoms in total. The number of hydrogen-bond donors (Lipinski definition) is 2. The van der Waals surface area contributed by atoms with Crippen molar-refractivity contribution in [3.63, 3.8) is 0 Å². The highest BCUT2D eigenvalue weighted by atomic mass is 16.1. The minimum absolute atomic E-state index is 0.00523. The lowest BCUT2D eigenvalue weighted by Crippen LogP contribution is -2.27. The number of H-pyrrole nitrogens is 1. The zero-order valence-electron chi connectivity index (χ0n) is 9.79. The number of nitrogens with two attached hydrogens (primary N) is 1. The van der Waals surface area contributed by atoms with E-state index >= 15 is 0 Å². The number of fused-ring (bicyclic) bond motifs is 1. The summed E-state index contributed by atoms with van der Waals surface area (Å²) in [6.45, 7) is 5.66. The van der Waals surface area contributed by atoms with Crippen molar-refractivity contribution < 1.29 is 4.79 Å². The first-order valence-electron chi connectivity index (χ1n) is 5.40. The normalized spacial score (nSPS) is 13.0. The molecule has 2 aromatic rings. The molecule has 0 amide bonds. The molecule has 0 aliphatic rings. The lowest BCUT2D eigenvalue weighted by Gasteiger charge is -2.04. The summed E-state index contributed by atoms with van der Waals surface area (Å²) in [7, 11) is 0. The van der Waals surface area contributed by atoms with Crippen molar-refractivity contribution in [2.45, 2.75) is 26.8 Å². The highest BCUT2D eigenvalue weighted by Crippen LogP contribution is 2.25. The molecule has 0 fully saturated rings. The quantitative estimate of drug-likeness (QED) is 0.757. The maximum atomic E-state index is 12.0. The monoisotopic (exact) mass is 216 g/mol. The molecular formula is C13H16N2O. The first-order valence-corrected chi connectivity index (χ1v) is 5.40. The number of rotatable bonds is 2. The van der Waals surface area contributed by atoms with Crippen LogP contribution in [0.25, 0.3) is 10.9 Å². The molecule has 1 unspecified atom stereocenters. The molecule has 1 aromatic heterocycles. The minimum atomic E-state index is -0.460. The third-order valence-corrected chi connectivity index (χ3v) is 2.89. The second-order valence-corrected chi connectivity index (χ2v) is 4.28. The fourth-order valence-corrected chi connectivity index (χ4v) is 2.04. The van der Waals surface area contributed by atoms with Crippen LogP contribution in [0.2, 0.25) is 0 Å². The van der Waals surface area contributed by atoms with Gasteiger partial charge in [0.2, 0.25) is 0 Å². The van der Waals surface area contributed by atoms with Gasteiger partial charge in [-0.3, -0.25) is 4.79 Å². The van der Waals surface area contributed by atoms with Gasteiger partial charge in [-0.25, -0.2) is 0 Å². The predicted octanol–water partition coefficient (Wildman–Crippen LogP) is 2.31. The number of aromatic amines is 1. The first kappa shape index (κ1) is 10.9. The van der Waals surface area contributed by atoms with Crippen LogP contribution in [0.5, 0.6) is 0 Å². The van der Waals surface area contributed by atoms with Crippen molar-refractivity contribution in [1.29, 1.82) is 0 Å². The van der Waals surface area contributed by atoms with Crippen molar-refractivity contribution in [2.24, 2.45) is 5.73 Å². The van der Waals surface area contributed by atoms with E-state index in [1.54, 1.807) is 6.92 Å². The van der Waals surface area contributed by atoms with E-state index in [-0.39, 0.29) is 5.78 Å². The van der Waals surface area contributed by atoms with Crippen LogP contribution in [0.1, 0.15) is 28.5 Å². The summed E-state index contributed by atoms with van der Waals surface area (Å²) in [4.78, 5) is 15.3. The van der Waals surface area contributed by atoms with Crippen molar-refractivity contribution in [2.75, 3.05) is 0 Å². The number of aromatic nitrogens is 1. The Kier molecular flexibility index (Phi) is 2.56. The minimum Gasteiger partial charge on any atom is -0.358 e. The number of carbonyl (C=O) groups is 1. The molecule has 3 heteroatoms. The van der Waals surface area contributed by atoms with Gasteiger partial charge in [0.15, 0.2) is 5.78 Å². The zero-order chi connectivity index (χ0) is 11.9. The molecule has 0 saturated carbocycles. The average molecular weight is 216 g/mol. The Morgan fingerprint density at radius 2 is 2.06 bits per heavy atom. The van der Waals surface area contributed by atoms with Crippen LogP contribution in [0.15, 0.2) is 18.2 Å². The maximum Gasteiger partial charge on any atom is 0.181 e. The van der Waals surface area contributed by atoms with Crippen LogP contribution in [-0.2, 0) is 0 Å². The van der Waals surface area contributed by atoms with Gasteiger partial charge in [0.25, 0.3) is 0 Å². The van der Waals surface area contributed by atoms with Gasteiger partial charge in [0, 0.05) is 22.2 Å². The number of ketones is 1. The number of hydrogen-bond acceptors (Lipinski definition) is 2. The van der Waals surface area contributed by atoms with E-state index in [1.807, 2.05) is 32.0 Å². The van der Waals surface area contributed by atoms with Crippen LogP contribution < -0.4 is 5.73 Å². The molecule has 0 spiro atoms. The number of para-hydroxylation sites is 1. The molecule has 16 heavy (non-hydrogen) atoms. The Hall–Kier alpha value is -1.61. The molecule has 0 radical (unpaired) electrons. The molecule has 0 aliphatic carbocycles. The van der Waals surface area contributed by atoms with E-state index < -0.39 is 6.04 Å². The molecule has 0 saturated heterocycles. The molecule has 2 rings (SSSR count). The van der Waals surface area contributed by atoms with E-state index in [2.05, 4.69) is 4.98 Å². The Morgan fingerprint density at radius 3 is 2.69 bits per heavy atom.